The van der Waals surface area contributed by atoms with Gasteiger partial charge in [-0.15, -0.1) is 0 Å². The van der Waals surface area contributed by atoms with Gasteiger partial charge in [-0.2, -0.15) is 0 Å². The van der Waals surface area contributed by atoms with E-state index in [1.807, 2.05) is 6.08 Å². The highest BCUT2D eigenvalue weighted by molar-refractivity contribution is 5.81. The van der Waals surface area contributed by atoms with Crippen molar-refractivity contribution in [2.75, 3.05) is 6.61 Å². The summed E-state index contributed by atoms with van der Waals surface area (Å²) in [6.45, 7) is 6.79. The molecule has 0 atom stereocenters. The molecule has 0 bridgehead atoms. The Balaban J connectivity index is 0.000000265. The number of rotatable bonds is 3. The van der Waals surface area contributed by atoms with Crippen LogP contribution in [0.25, 0.3) is 0 Å². The lowest BCUT2D eigenvalue weighted by molar-refractivity contribution is -0.138. The van der Waals surface area contributed by atoms with E-state index in [4.69, 9.17) is 4.74 Å². The Kier molecular flexibility index (Phi) is 6.97. The molecule has 1 aliphatic rings. The molecule has 0 saturated carbocycles. The molecular formula is C11H16O4. The number of hydrogen-bond acceptors (Lipinski definition) is 4. The van der Waals surface area contributed by atoms with Crippen LogP contribution >= 0.6 is 0 Å². The summed E-state index contributed by atoms with van der Waals surface area (Å²) >= 11 is 0. The fourth-order valence-electron chi connectivity index (χ4n) is 0.741. The van der Waals surface area contributed by atoms with Gasteiger partial charge in [0.15, 0.2) is 0 Å². The third kappa shape index (κ3) is 7.49. The average molecular weight is 212 g/mol. The van der Waals surface area contributed by atoms with Crippen LogP contribution in [0, 0.1) is 0 Å². The molecule has 0 saturated heterocycles. The van der Waals surface area contributed by atoms with Gasteiger partial charge >= 0.3 is 11.9 Å². The summed E-state index contributed by atoms with van der Waals surface area (Å²) < 4.78 is 9.14. The Hall–Kier alpha value is -1.58. The maximum absolute atomic E-state index is 10.2. The van der Waals surface area contributed by atoms with Crippen molar-refractivity contribution in [3.05, 3.63) is 24.5 Å². The third-order valence-electron chi connectivity index (χ3n) is 1.49. The standard InChI is InChI=1S/C6H8O2.C5H8O2/c1-5(7)8-6-3-2-4-6;1-3-5(6)7-4-2/h3H,2,4H2,1H3;3H,1,4H2,2H3. The molecule has 4 heteroatoms. The van der Waals surface area contributed by atoms with Gasteiger partial charge in [0.05, 0.1) is 6.61 Å². The van der Waals surface area contributed by atoms with E-state index in [0.29, 0.717) is 6.61 Å². The van der Waals surface area contributed by atoms with E-state index in [1.54, 1.807) is 6.92 Å². The number of carbonyl (C=O) groups is 2. The second kappa shape index (κ2) is 7.79. The Morgan fingerprint density at radius 3 is 2.33 bits per heavy atom. The Bertz CT molecular complexity index is 266. The highest BCUT2D eigenvalue weighted by atomic mass is 16.5. The molecule has 0 amide bonds. The lowest BCUT2D eigenvalue weighted by Crippen LogP contribution is -2.03. The van der Waals surface area contributed by atoms with E-state index < -0.39 is 0 Å². The minimum Gasteiger partial charge on any atom is -0.463 e. The van der Waals surface area contributed by atoms with Crippen LogP contribution in [0.1, 0.15) is 26.7 Å². The van der Waals surface area contributed by atoms with Crippen molar-refractivity contribution in [1.82, 2.24) is 0 Å². The number of ether oxygens (including phenoxy) is 2. The van der Waals surface area contributed by atoms with Crippen LogP contribution in [0.2, 0.25) is 0 Å². The Labute approximate surface area is 89.6 Å². The number of allylic oxidation sites excluding steroid dienone is 2. The van der Waals surface area contributed by atoms with Crippen molar-refractivity contribution in [2.45, 2.75) is 26.7 Å². The zero-order valence-corrected chi connectivity index (χ0v) is 9.12. The zero-order valence-electron chi connectivity index (χ0n) is 9.12. The van der Waals surface area contributed by atoms with Gasteiger partial charge in [-0.05, 0) is 19.4 Å². The average Bonchev–Trinajstić information content (AvgIpc) is 2.13. The predicted molar refractivity (Wildman–Crippen MR) is 55.9 cm³/mol. The van der Waals surface area contributed by atoms with Crippen molar-refractivity contribution < 1.29 is 19.1 Å². The highest BCUT2D eigenvalue weighted by Crippen LogP contribution is 2.18. The van der Waals surface area contributed by atoms with Crippen molar-refractivity contribution in [2.24, 2.45) is 0 Å². The second-order valence-electron chi connectivity index (χ2n) is 2.76. The van der Waals surface area contributed by atoms with Gasteiger partial charge < -0.3 is 9.47 Å². The van der Waals surface area contributed by atoms with Gasteiger partial charge in [-0.1, -0.05) is 6.58 Å². The maximum Gasteiger partial charge on any atom is 0.330 e. The van der Waals surface area contributed by atoms with E-state index in [0.717, 1.165) is 24.7 Å². The van der Waals surface area contributed by atoms with Crippen molar-refractivity contribution >= 4 is 11.9 Å². The fraction of sp³-hybridized carbons (Fsp3) is 0.455. The van der Waals surface area contributed by atoms with Crippen LogP contribution in [0.4, 0.5) is 0 Å². The molecule has 84 valence electrons. The first kappa shape index (κ1) is 13.4. The molecule has 0 aromatic carbocycles. The molecule has 1 rings (SSSR count). The van der Waals surface area contributed by atoms with Crippen molar-refractivity contribution in [3.8, 4) is 0 Å². The van der Waals surface area contributed by atoms with Crippen LogP contribution < -0.4 is 0 Å². The lowest BCUT2D eigenvalue weighted by Gasteiger charge is -2.11. The fourth-order valence-corrected chi connectivity index (χ4v) is 0.741. The third-order valence-corrected chi connectivity index (χ3v) is 1.49. The van der Waals surface area contributed by atoms with Gasteiger partial charge in [0.2, 0.25) is 0 Å². The molecule has 0 spiro atoms. The number of esters is 2. The molecule has 0 N–H and O–H groups in total. The summed E-state index contributed by atoms with van der Waals surface area (Å²) in [4.78, 5) is 20.3. The molecule has 0 heterocycles. The highest BCUT2D eigenvalue weighted by Gasteiger charge is 2.07. The summed E-state index contributed by atoms with van der Waals surface area (Å²) in [6.07, 6.45) is 5.05. The number of hydrogen-bond donors (Lipinski definition) is 0. The Morgan fingerprint density at radius 1 is 1.60 bits per heavy atom. The predicted octanol–water partition coefficient (Wildman–Crippen LogP) is 1.96. The largest absolute Gasteiger partial charge is 0.463 e. The van der Waals surface area contributed by atoms with E-state index in [1.165, 1.54) is 6.92 Å². The van der Waals surface area contributed by atoms with Crippen LogP contribution in [0.5, 0.6) is 0 Å². The molecule has 0 aliphatic heterocycles. The molecule has 4 nitrogen and oxygen atoms in total. The van der Waals surface area contributed by atoms with E-state index in [-0.39, 0.29) is 11.9 Å². The molecule has 0 aromatic heterocycles. The quantitative estimate of drug-likeness (QED) is 0.530. The van der Waals surface area contributed by atoms with Crippen molar-refractivity contribution in [3.63, 3.8) is 0 Å². The summed E-state index contributed by atoms with van der Waals surface area (Å²) in [6, 6.07) is 0. The zero-order chi connectivity index (χ0) is 11.7. The maximum atomic E-state index is 10.2. The van der Waals surface area contributed by atoms with Crippen molar-refractivity contribution in [1.29, 1.82) is 0 Å². The lowest BCUT2D eigenvalue weighted by atomic mass is 10.1. The SMILES string of the molecule is C=CC(=O)OCC.CC(=O)OC1=CCC1. The normalized spacial score (nSPS) is 12.3. The minimum absolute atomic E-state index is 0.212. The molecule has 1 aliphatic carbocycles. The molecule has 15 heavy (non-hydrogen) atoms. The summed E-state index contributed by atoms with van der Waals surface area (Å²) in [7, 11) is 0. The van der Waals surface area contributed by atoms with Crippen LogP contribution in [0.15, 0.2) is 24.5 Å². The van der Waals surface area contributed by atoms with E-state index >= 15 is 0 Å². The first-order valence-electron chi connectivity index (χ1n) is 4.76. The number of carbonyl (C=O) groups excluding carboxylic acids is 2. The molecule has 0 unspecified atom stereocenters. The van der Waals surface area contributed by atoms with Crippen LogP contribution in [-0.4, -0.2) is 18.5 Å². The summed E-state index contributed by atoms with van der Waals surface area (Å²) in [5.41, 5.74) is 0. The van der Waals surface area contributed by atoms with Gasteiger partial charge in [0.25, 0.3) is 0 Å². The summed E-state index contributed by atoms with van der Waals surface area (Å²) in [5.74, 6) is 0.260. The van der Waals surface area contributed by atoms with Gasteiger partial charge in [-0.25, -0.2) is 4.79 Å². The van der Waals surface area contributed by atoms with E-state index in [9.17, 15) is 9.59 Å². The minimum atomic E-state index is -0.359. The van der Waals surface area contributed by atoms with Gasteiger partial charge in [0, 0.05) is 19.4 Å². The van der Waals surface area contributed by atoms with E-state index in [2.05, 4.69) is 11.3 Å². The first-order valence-corrected chi connectivity index (χ1v) is 4.76. The second-order valence-corrected chi connectivity index (χ2v) is 2.76. The van der Waals surface area contributed by atoms with Crippen LogP contribution in [-0.2, 0) is 19.1 Å². The monoisotopic (exact) mass is 212 g/mol. The molecule has 0 radical (unpaired) electrons. The summed E-state index contributed by atoms with van der Waals surface area (Å²) in [5, 5.41) is 0. The van der Waals surface area contributed by atoms with Crippen LogP contribution in [0.3, 0.4) is 0 Å². The van der Waals surface area contributed by atoms with Gasteiger partial charge in [-0.3, -0.25) is 4.79 Å². The molecule has 0 aromatic rings. The van der Waals surface area contributed by atoms with Gasteiger partial charge in [0.1, 0.15) is 5.76 Å². The molecule has 0 fully saturated rings. The Morgan fingerprint density at radius 2 is 2.20 bits per heavy atom. The first-order chi connectivity index (χ1) is 7.10. The molecular weight excluding hydrogens is 196 g/mol. The smallest absolute Gasteiger partial charge is 0.330 e. The topological polar surface area (TPSA) is 52.6 Å².